The molecule has 5 heteroatoms. The second-order valence-corrected chi connectivity index (χ2v) is 6.60. The molecule has 122 valence electrons. The molecule has 0 unspecified atom stereocenters. The Morgan fingerprint density at radius 3 is 2.17 bits per heavy atom. The van der Waals surface area contributed by atoms with Crippen LogP contribution < -0.4 is 5.32 Å². The van der Waals surface area contributed by atoms with Gasteiger partial charge in [0.15, 0.2) is 0 Å². The van der Waals surface area contributed by atoms with Crippen LogP contribution in [0.1, 0.15) is 43.6 Å². The van der Waals surface area contributed by atoms with Crippen LogP contribution in [0, 0.1) is 0 Å². The van der Waals surface area contributed by atoms with Crippen molar-refractivity contribution >= 4 is 5.91 Å². The average Bonchev–Trinajstić information content (AvgIpc) is 2.45. The first-order chi connectivity index (χ1) is 10.6. The number of hydrogen-bond acceptors (Lipinski definition) is 2. The molecule has 3 nitrogen and oxygen atoms in total. The number of alkyl halides is 2. The number of nitrogens with one attached hydrogen (secondary N) is 1. The van der Waals surface area contributed by atoms with Crippen LogP contribution in [0.2, 0.25) is 0 Å². The molecule has 0 saturated heterocycles. The number of halogens is 2. The van der Waals surface area contributed by atoms with E-state index in [1.807, 2.05) is 20.8 Å². The highest BCUT2D eigenvalue weighted by Crippen LogP contribution is 2.29. The smallest absolute Gasteiger partial charge is 0.270 e. The summed E-state index contributed by atoms with van der Waals surface area (Å²) < 4.78 is 26.8. The number of nitrogens with zero attached hydrogens (tertiary/aromatic N) is 1. The van der Waals surface area contributed by atoms with E-state index < -0.39 is 5.92 Å². The minimum atomic E-state index is -2.91. The largest absolute Gasteiger partial charge is 0.347 e. The highest BCUT2D eigenvalue weighted by molar-refractivity contribution is 5.95. The Balaban J connectivity index is 2.25. The van der Waals surface area contributed by atoms with Gasteiger partial charge in [0.25, 0.3) is 11.8 Å². The summed E-state index contributed by atoms with van der Waals surface area (Å²) >= 11 is 0. The van der Waals surface area contributed by atoms with E-state index >= 15 is 0 Å². The van der Waals surface area contributed by atoms with Crippen molar-refractivity contribution in [3.05, 3.63) is 53.7 Å². The standard InChI is InChI=1S/C18H20F2N2O/c1-17(2,3)22-16(23)13-7-5-12(6-8-13)15-11-14(9-10-21-15)18(4,19)20/h5-11H,1-4H3,(H,22,23). The first-order valence-corrected chi connectivity index (χ1v) is 7.33. The van der Waals surface area contributed by atoms with Crippen LogP contribution in [0.15, 0.2) is 42.6 Å². The van der Waals surface area contributed by atoms with Crippen LogP contribution in [0.5, 0.6) is 0 Å². The normalized spacial score (nSPS) is 12.1. The molecule has 0 aliphatic heterocycles. The molecule has 0 spiro atoms. The fraction of sp³-hybridized carbons (Fsp3) is 0.333. The Morgan fingerprint density at radius 1 is 1.04 bits per heavy atom. The van der Waals surface area contributed by atoms with Crippen LogP contribution in [0.25, 0.3) is 11.3 Å². The third kappa shape index (κ3) is 4.58. The lowest BCUT2D eigenvalue weighted by Gasteiger charge is -2.20. The van der Waals surface area contributed by atoms with Gasteiger partial charge in [0.2, 0.25) is 0 Å². The van der Waals surface area contributed by atoms with Crippen molar-refractivity contribution in [2.45, 2.75) is 39.2 Å². The second kappa shape index (κ2) is 6.07. The Morgan fingerprint density at radius 2 is 1.65 bits per heavy atom. The highest BCUT2D eigenvalue weighted by Gasteiger charge is 2.24. The molecule has 2 rings (SSSR count). The van der Waals surface area contributed by atoms with Gasteiger partial charge in [-0.1, -0.05) is 12.1 Å². The summed E-state index contributed by atoms with van der Waals surface area (Å²) in [4.78, 5) is 16.2. The van der Waals surface area contributed by atoms with Gasteiger partial charge in [-0.15, -0.1) is 0 Å². The lowest BCUT2D eigenvalue weighted by atomic mass is 10.0. The first kappa shape index (κ1) is 17.1. The van der Waals surface area contributed by atoms with Crippen LogP contribution in [-0.4, -0.2) is 16.4 Å². The number of hydrogen-bond donors (Lipinski definition) is 1. The van der Waals surface area contributed by atoms with Crippen molar-refractivity contribution in [1.82, 2.24) is 10.3 Å². The fourth-order valence-electron chi connectivity index (χ4n) is 2.07. The maximum absolute atomic E-state index is 13.4. The molecule has 23 heavy (non-hydrogen) atoms. The number of benzene rings is 1. The number of carbonyl (C=O) groups excluding carboxylic acids is 1. The quantitative estimate of drug-likeness (QED) is 0.912. The van der Waals surface area contributed by atoms with E-state index in [4.69, 9.17) is 0 Å². The van der Waals surface area contributed by atoms with E-state index in [2.05, 4.69) is 10.3 Å². The summed E-state index contributed by atoms with van der Waals surface area (Å²) in [6.45, 7) is 6.56. The zero-order valence-electron chi connectivity index (χ0n) is 13.7. The molecule has 0 atom stereocenters. The Kier molecular flexibility index (Phi) is 4.50. The third-order valence-corrected chi connectivity index (χ3v) is 3.20. The third-order valence-electron chi connectivity index (χ3n) is 3.20. The van der Waals surface area contributed by atoms with Crippen molar-refractivity contribution in [1.29, 1.82) is 0 Å². The number of aromatic nitrogens is 1. The number of amides is 1. The van der Waals surface area contributed by atoms with Crippen LogP contribution in [0.3, 0.4) is 0 Å². The fourth-order valence-corrected chi connectivity index (χ4v) is 2.07. The summed E-state index contributed by atoms with van der Waals surface area (Å²) in [6, 6.07) is 9.40. The summed E-state index contributed by atoms with van der Waals surface area (Å²) in [5, 5.41) is 2.87. The summed E-state index contributed by atoms with van der Waals surface area (Å²) in [5.74, 6) is -3.09. The molecule has 1 aromatic heterocycles. The van der Waals surface area contributed by atoms with Crippen molar-refractivity contribution in [2.24, 2.45) is 0 Å². The molecule has 2 aromatic rings. The maximum atomic E-state index is 13.4. The molecular formula is C18H20F2N2O. The predicted octanol–water partition coefficient (Wildman–Crippen LogP) is 4.39. The van der Waals surface area contributed by atoms with Crippen LogP contribution in [-0.2, 0) is 5.92 Å². The van der Waals surface area contributed by atoms with Gasteiger partial charge in [-0.05, 0) is 45.0 Å². The number of rotatable bonds is 3. The first-order valence-electron chi connectivity index (χ1n) is 7.33. The summed E-state index contributed by atoms with van der Waals surface area (Å²) in [5.41, 5.74) is 1.24. The molecule has 0 fully saturated rings. The zero-order valence-corrected chi connectivity index (χ0v) is 13.7. The van der Waals surface area contributed by atoms with Crippen molar-refractivity contribution in [2.75, 3.05) is 0 Å². The SMILES string of the molecule is CC(C)(C)NC(=O)c1ccc(-c2cc(C(C)(F)F)ccn2)cc1. The molecule has 1 aromatic carbocycles. The Hall–Kier alpha value is -2.30. The van der Waals surface area contributed by atoms with E-state index in [1.54, 1.807) is 24.3 Å². The molecule has 0 bridgehead atoms. The molecule has 1 heterocycles. The van der Waals surface area contributed by atoms with Gasteiger partial charge in [-0.3, -0.25) is 9.78 Å². The number of pyridine rings is 1. The number of carbonyl (C=O) groups is 1. The van der Waals surface area contributed by atoms with Crippen molar-refractivity contribution in [3.8, 4) is 11.3 Å². The Bertz CT molecular complexity index is 698. The molecule has 0 saturated carbocycles. The predicted molar refractivity (Wildman–Crippen MR) is 86.5 cm³/mol. The topological polar surface area (TPSA) is 42.0 Å². The van der Waals surface area contributed by atoms with Crippen molar-refractivity contribution < 1.29 is 13.6 Å². The van der Waals surface area contributed by atoms with Crippen LogP contribution in [0.4, 0.5) is 8.78 Å². The molecule has 0 aliphatic carbocycles. The lowest BCUT2D eigenvalue weighted by Crippen LogP contribution is -2.40. The van der Waals surface area contributed by atoms with Gasteiger partial charge in [-0.2, -0.15) is 0 Å². The molecule has 0 aliphatic rings. The van der Waals surface area contributed by atoms with Gasteiger partial charge in [-0.25, -0.2) is 8.78 Å². The van der Waals surface area contributed by atoms with E-state index in [0.717, 1.165) is 6.92 Å². The molecule has 1 N–H and O–H groups in total. The summed E-state index contributed by atoms with van der Waals surface area (Å²) in [7, 11) is 0. The minimum absolute atomic E-state index is 0.0861. The maximum Gasteiger partial charge on any atom is 0.270 e. The van der Waals surface area contributed by atoms with Crippen molar-refractivity contribution in [3.63, 3.8) is 0 Å². The lowest BCUT2D eigenvalue weighted by molar-refractivity contribution is 0.0174. The van der Waals surface area contributed by atoms with Gasteiger partial charge in [0.05, 0.1) is 5.69 Å². The van der Waals surface area contributed by atoms with Gasteiger partial charge in [0, 0.05) is 35.3 Å². The molecule has 0 radical (unpaired) electrons. The van der Waals surface area contributed by atoms with E-state index in [1.165, 1.54) is 18.3 Å². The van der Waals surface area contributed by atoms with E-state index in [9.17, 15) is 13.6 Å². The zero-order chi connectivity index (χ0) is 17.3. The summed E-state index contributed by atoms with van der Waals surface area (Å²) in [6.07, 6.45) is 1.36. The minimum Gasteiger partial charge on any atom is -0.347 e. The highest BCUT2D eigenvalue weighted by atomic mass is 19.3. The average molecular weight is 318 g/mol. The van der Waals surface area contributed by atoms with Crippen LogP contribution >= 0.6 is 0 Å². The van der Waals surface area contributed by atoms with E-state index in [0.29, 0.717) is 16.8 Å². The molecular weight excluding hydrogens is 298 g/mol. The second-order valence-electron chi connectivity index (χ2n) is 6.60. The van der Waals surface area contributed by atoms with Gasteiger partial charge >= 0.3 is 0 Å². The Labute approximate surface area is 134 Å². The van der Waals surface area contributed by atoms with E-state index in [-0.39, 0.29) is 17.0 Å². The van der Waals surface area contributed by atoms with Gasteiger partial charge < -0.3 is 5.32 Å². The van der Waals surface area contributed by atoms with Gasteiger partial charge in [0.1, 0.15) is 0 Å². The monoisotopic (exact) mass is 318 g/mol. The molecule has 1 amide bonds.